The van der Waals surface area contributed by atoms with Gasteiger partial charge in [-0.25, -0.2) is 13.8 Å². The minimum Gasteiger partial charge on any atom is -0.377 e. The molecule has 0 fully saturated rings. The second kappa shape index (κ2) is 9.88. The second-order valence-electron chi connectivity index (χ2n) is 9.35. The second-order valence-corrected chi connectivity index (χ2v) is 9.35. The van der Waals surface area contributed by atoms with E-state index in [2.05, 4.69) is 25.5 Å². The molecule has 18 heteroatoms. The summed E-state index contributed by atoms with van der Waals surface area (Å²) in [5, 5.41) is 26.7. The monoisotopic (exact) mass is 539 g/mol. The van der Waals surface area contributed by atoms with Crippen molar-refractivity contribution in [1.82, 2.24) is 29.5 Å². The van der Waals surface area contributed by atoms with Crippen LogP contribution in [0.25, 0.3) is 38.8 Å². The molecule has 4 aromatic heterocycles. The Bertz CT molecular complexity index is 1840. The molecule has 5 rings (SSSR count). The van der Waals surface area contributed by atoms with Gasteiger partial charge in [0.25, 0.3) is 12.0 Å². The van der Waals surface area contributed by atoms with Gasteiger partial charge in [-0.15, -0.1) is 0 Å². The summed E-state index contributed by atoms with van der Waals surface area (Å²) in [7, 11) is 33.7. The van der Waals surface area contributed by atoms with Crippen molar-refractivity contribution in [3.63, 3.8) is 0 Å². The van der Waals surface area contributed by atoms with Crippen molar-refractivity contribution >= 4 is 74.8 Å². The van der Waals surface area contributed by atoms with Gasteiger partial charge in [0, 0.05) is 28.7 Å². The first kappa shape index (κ1) is 28.6. The molecule has 5 aromatic rings. The van der Waals surface area contributed by atoms with Crippen LogP contribution in [-0.2, 0) is 5.24 Å². The molecule has 0 aliphatic carbocycles. The molecule has 10 nitrogen and oxygen atoms in total. The summed E-state index contributed by atoms with van der Waals surface area (Å²) in [5.74, 6) is -0.111. The highest BCUT2D eigenvalue weighted by Gasteiger charge is 2.35. The molecule has 0 bridgehead atoms. The Balaban J connectivity index is 1.72. The first-order chi connectivity index (χ1) is 19.0. The lowest BCUT2D eigenvalue weighted by atomic mass is 9.49. The number of aromatic nitrogens is 6. The molecule has 0 spiro atoms. The number of fused-ring (bicyclic) bond motifs is 2. The maximum atomic E-state index is 13.9. The molecule has 0 saturated carbocycles. The van der Waals surface area contributed by atoms with Gasteiger partial charge in [0.1, 0.15) is 28.2 Å². The van der Waals surface area contributed by atoms with Crippen LogP contribution in [0.3, 0.4) is 0 Å². The number of nitrogens with one attached hydrogen (secondary N) is 1. The Labute approximate surface area is 239 Å². The van der Waals surface area contributed by atoms with Gasteiger partial charge < -0.3 is 15.5 Å². The summed E-state index contributed by atoms with van der Waals surface area (Å²) in [4.78, 5) is 22.0. The molecule has 0 aliphatic rings. The van der Waals surface area contributed by atoms with Crippen LogP contribution < -0.4 is 10.9 Å². The van der Waals surface area contributed by atoms with Crippen molar-refractivity contribution < 1.29 is 19.0 Å². The fourth-order valence-electron chi connectivity index (χ4n) is 3.91. The van der Waals surface area contributed by atoms with Crippen molar-refractivity contribution in [3.05, 3.63) is 70.9 Å². The number of halogens is 2. The van der Waals surface area contributed by atoms with E-state index in [-0.39, 0.29) is 28.0 Å². The van der Waals surface area contributed by atoms with E-state index in [1.54, 1.807) is 18.2 Å². The summed E-state index contributed by atoms with van der Waals surface area (Å²) in [6, 6.07) is 9.91. The normalized spacial score (nSPS) is 12.8. The maximum Gasteiger partial charge on any atom is 0.281 e. The van der Waals surface area contributed by atoms with E-state index < -0.39 is 33.9 Å². The van der Waals surface area contributed by atoms with Crippen LogP contribution in [0.2, 0.25) is 0 Å². The van der Waals surface area contributed by atoms with E-state index in [1.165, 1.54) is 24.4 Å². The Kier molecular flexibility index (Phi) is 6.90. The highest BCUT2D eigenvalue weighted by Crippen LogP contribution is 2.28. The number of aliphatic hydroxyl groups is 2. The molecule has 0 amide bonds. The number of hydrogen-bond acceptors (Lipinski definition) is 8. The zero-order chi connectivity index (χ0) is 29.9. The van der Waals surface area contributed by atoms with Crippen LogP contribution in [-0.4, -0.2) is 97.8 Å². The van der Waals surface area contributed by atoms with Crippen LogP contribution in [0, 0.1) is 0 Å². The fraction of sp³-hybridized carbons (Fsp3) is 0.174. The van der Waals surface area contributed by atoms with E-state index in [0.29, 0.717) is 16.6 Å². The SMILES string of the molecule is [B]C([B])([B])n1cc2cc(-n3nc4ccc(NC([B])([B])C([B])(O)O)nc4c(-c4ccc(C(F)F)nc4)c3=O)ccc2n1. The van der Waals surface area contributed by atoms with Gasteiger partial charge in [-0.1, -0.05) is 6.07 Å². The number of hydrogen-bond donors (Lipinski definition) is 3. The van der Waals surface area contributed by atoms with Crippen LogP contribution in [0.1, 0.15) is 12.1 Å². The first-order valence-electron chi connectivity index (χ1n) is 11.7. The van der Waals surface area contributed by atoms with Crippen LogP contribution >= 0.6 is 0 Å². The standard InChI is InChI=1S/C23H13B6F2N7O3/c24-21(25,22(26,40)41)34-16-6-5-14-18(33-16)17(10-1-3-15(19(30)31)32-8-10)20(39)38(36-14)12-2-4-13-11(7-12)9-37(35-13)23(27,28)29/h1-9,19,40-41H,(H,33,34). The number of benzene rings is 1. The largest absolute Gasteiger partial charge is 0.377 e. The quantitative estimate of drug-likeness (QED) is 0.185. The maximum absolute atomic E-state index is 13.9. The average molecular weight is 538 g/mol. The highest BCUT2D eigenvalue weighted by atomic mass is 19.3. The third kappa shape index (κ3) is 5.41. The lowest BCUT2D eigenvalue weighted by Crippen LogP contribution is -2.61. The first-order valence-corrected chi connectivity index (χ1v) is 11.7. The van der Waals surface area contributed by atoms with E-state index in [1.807, 2.05) is 0 Å². The molecule has 12 radical (unpaired) electrons. The van der Waals surface area contributed by atoms with Crippen molar-refractivity contribution in [1.29, 1.82) is 0 Å². The van der Waals surface area contributed by atoms with Gasteiger partial charge in [-0.2, -0.15) is 14.9 Å². The van der Waals surface area contributed by atoms with Crippen molar-refractivity contribution in [2.45, 2.75) is 22.7 Å². The summed E-state index contributed by atoms with van der Waals surface area (Å²) >= 11 is 0. The van der Waals surface area contributed by atoms with E-state index >= 15 is 0 Å². The van der Waals surface area contributed by atoms with E-state index in [9.17, 15) is 23.8 Å². The molecule has 1 aromatic carbocycles. The molecular weight excluding hydrogens is 525 g/mol. The van der Waals surface area contributed by atoms with Gasteiger partial charge in [-0.05, 0) is 41.6 Å². The highest BCUT2D eigenvalue weighted by molar-refractivity contribution is 6.56. The summed E-state index contributed by atoms with van der Waals surface area (Å²) in [5.41, 5.74) is -3.24. The molecule has 4 heterocycles. The molecule has 0 atom stereocenters. The van der Waals surface area contributed by atoms with Crippen LogP contribution in [0.4, 0.5) is 14.6 Å². The number of nitrogens with zero attached hydrogens (tertiary/aromatic N) is 6. The zero-order valence-corrected chi connectivity index (χ0v) is 21.0. The minimum atomic E-state index is -3.06. The molecule has 41 heavy (non-hydrogen) atoms. The molecule has 190 valence electrons. The Morgan fingerprint density at radius 1 is 0.927 bits per heavy atom. The third-order valence-corrected chi connectivity index (χ3v) is 6.10. The third-order valence-electron chi connectivity index (χ3n) is 6.10. The molecule has 0 unspecified atom stereocenters. The zero-order valence-electron chi connectivity index (χ0n) is 21.0. The summed E-state index contributed by atoms with van der Waals surface area (Å²) < 4.78 is 28.6. The summed E-state index contributed by atoms with van der Waals surface area (Å²) in [6.45, 7) is 0. The fourth-order valence-corrected chi connectivity index (χ4v) is 3.91. The van der Waals surface area contributed by atoms with E-state index in [4.69, 9.17) is 47.1 Å². The molecular formula is C23H13B6F2N7O3. The minimum absolute atomic E-state index is 0.00905. The van der Waals surface area contributed by atoms with Gasteiger partial charge in [-0.3, -0.25) is 14.5 Å². The Hall–Kier alpha value is -3.90. The molecule has 0 saturated heterocycles. The van der Waals surface area contributed by atoms with Gasteiger partial charge in [0.15, 0.2) is 7.85 Å². The summed E-state index contributed by atoms with van der Waals surface area (Å²) in [6.07, 6.45) is -0.242. The lowest BCUT2D eigenvalue weighted by molar-refractivity contribution is -0.0914. The Morgan fingerprint density at radius 3 is 2.24 bits per heavy atom. The van der Waals surface area contributed by atoms with Gasteiger partial charge >= 0.3 is 0 Å². The number of alkyl halides is 2. The number of anilines is 1. The Morgan fingerprint density at radius 2 is 1.63 bits per heavy atom. The smallest absolute Gasteiger partial charge is 0.281 e. The predicted octanol–water partition coefficient (Wildman–Crippen LogP) is -0.587. The number of pyridine rings is 2. The van der Waals surface area contributed by atoms with E-state index in [0.717, 1.165) is 21.6 Å². The molecule has 3 N–H and O–H groups in total. The van der Waals surface area contributed by atoms with Gasteiger partial charge in [0.2, 0.25) is 0 Å². The number of rotatable bonds is 7. The predicted molar refractivity (Wildman–Crippen MR) is 153 cm³/mol. The van der Waals surface area contributed by atoms with Crippen LogP contribution in [0.15, 0.2) is 59.7 Å². The lowest BCUT2D eigenvalue weighted by Gasteiger charge is -2.39. The topological polar surface area (TPSA) is 131 Å². The average Bonchev–Trinajstić information content (AvgIpc) is 3.32. The van der Waals surface area contributed by atoms with Gasteiger partial charge in [0.05, 0.1) is 56.0 Å². The van der Waals surface area contributed by atoms with Crippen molar-refractivity contribution in [3.8, 4) is 16.8 Å². The van der Waals surface area contributed by atoms with Crippen LogP contribution in [0.5, 0.6) is 0 Å². The molecule has 0 aliphatic heterocycles. The van der Waals surface area contributed by atoms with Crippen molar-refractivity contribution in [2.75, 3.05) is 5.32 Å². The van der Waals surface area contributed by atoms with Crippen molar-refractivity contribution in [2.24, 2.45) is 0 Å².